The number of methoxy groups -OCH3 is 1. The van der Waals surface area contributed by atoms with Crippen LogP contribution in [0.3, 0.4) is 0 Å². The first-order chi connectivity index (χ1) is 12.6. The number of H-pyrrole nitrogens is 1. The van der Waals surface area contributed by atoms with Gasteiger partial charge < -0.3 is 15.2 Å². The molecule has 2 aromatic carbocycles. The van der Waals surface area contributed by atoms with Crippen LogP contribution in [-0.4, -0.2) is 27.2 Å². The number of nitro groups is 1. The molecule has 0 aliphatic heterocycles. The van der Waals surface area contributed by atoms with Gasteiger partial charge in [0.25, 0.3) is 5.69 Å². The van der Waals surface area contributed by atoms with E-state index in [1.54, 1.807) is 19.2 Å². The Morgan fingerprint density at radius 2 is 2.00 bits per heavy atom. The van der Waals surface area contributed by atoms with Crippen molar-refractivity contribution in [2.24, 2.45) is 5.73 Å². The first kappa shape index (κ1) is 17.4. The number of ether oxygens (including phenoxy) is 2. The fraction of sp³-hybridized carbons (Fsp3) is 0.176. The summed E-state index contributed by atoms with van der Waals surface area (Å²) < 4.78 is 10.7. The Morgan fingerprint density at radius 3 is 2.77 bits per heavy atom. The zero-order valence-electron chi connectivity index (χ0n) is 14.0. The average Bonchev–Trinajstić information content (AvgIpc) is 3.15. The van der Waals surface area contributed by atoms with Gasteiger partial charge >= 0.3 is 0 Å². The van der Waals surface area contributed by atoms with Gasteiger partial charge in [-0.25, -0.2) is 4.98 Å². The summed E-state index contributed by atoms with van der Waals surface area (Å²) in [7, 11) is 1.58. The molecule has 0 unspecified atom stereocenters. The smallest absolute Gasteiger partial charge is 0.273 e. The van der Waals surface area contributed by atoms with Gasteiger partial charge in [0.05, 0.1) is 24.1 Å². The third-order valence-electron chi connectivity index (χ3n) is 3.68. The van der Waals surface area contributed by atoms with Crippen LogP contribution in [0.1, 0.15) is 23.3 Å². The summed E-state index contributed by atoms with van der Waals surface area (Å²) in [5.41, 5.74) is 6.97. The van der Waals surface area contributed by atoms with E-state index in [-0.39, 0.29) is 12.3 Å². The van der Waals surface area contributed by atoms with Crippen LogP contribution in [0.25, 0.3) is 0 Å². The molecule has 1 heterocycles. The molecule has 134 valence electrons. The van der Waals surface area contributed by atoms with E-state index in [4.69, 9.17) is 15.2 Å². The number of nitrogens with zero attached hydrogens (tertiary/aromatic N) is 3. The number of nitro benzene ring substituents is 1. The standard InChI is InChI=1S/C17H17N5O4/c1-25-13-6-2-4-11(8-13)16(18)17-19-15(20-21-17)10-26-14-7-3-5-12(9-14)22(23)24/h2-9,16H,10,18H2,1H3,(H,19,20,21)/t16-/m1/s1. The minimum Gasteiger partial charge on any atom is -0.497 e. The van der Waals surface area contributed by atoms with Gasteiger partial charge in [0.1, 0.15) is 18.1 Å². The van der Waals surface area contributed by atoms with Crippen molar-refractivity contribution < 1.29 is 14.4 Å². The minimum atomic E-state index is -0.520. The highest BCUT2D eigenvalue weighted by Crippen LogP contribution is 2.22. The Kier molecular flexibility index (Phi) is 5.09. The minimum absolute atomic E-state index is 0.0409. The molecule has 3 rings (SSSR count). The second-order valence-corrected chi connectivity index (χ2v) is 5.44. The fourth-order valence-electron chi connectivity index (χ4n) is 2.34. The molecule has 3 aromatic rings. The lowest BCUT2D eigenvalue weighted by Crippen LogP contribution is -2.13. The predicted octanol–water partition coefficient (Wildman–Crippen LogP) is 2.35. The number of hydrogen-bond acceptors (Lipinski definition) is 7. The van der Waals surface area contributed by atoms with Crippen LogP contribution < -0.4 is 15.2 Å². The maximum Gasteiger partial charge on any atom is 0.273 e. The van der Waals surface area contributed by atoms with Crippen LogP contribution in [0.5, 0.6) is 11.5 Å². The molecule has 0 amide bonds. The SMILES string of the molecule is COc1cccc([C@@H](N)c2n[nH]c(COc3cccc([N+](=O)[O-])c3)n2)c1. The first-order valence-electron chi connectivity index (χ1n) is 7.75. The average molecular weight is 355 g/mol. The number of nitrogens with two attached hydrogens (primary N) is 1. The van der Waals surface area contributed by atoms with Gasteiger partial charge in [-0.05, 0) is 23.8 Å². The second kappa shape index (κ2) is 7.62. The van der Waals surface area contributed by atoms with E-state index in [9.17, 15) is 10.1 Å². The third-order valence-corrected chi connectivity index (χ3v) is 3.68. The van der Waals surface area contributed by atoms with Crippen LogP contribution in [-0.2, 0) is 6.61 Å². The molecule has 1 aromatic heterocycles. The summed E-state index contributed by atoms with van der Waals surface area (Å²) in [5, 5.41) is 17.7. The zero-order chi connectivity index (χ0) is 18.5. The number of aromatic amines is 1. The summed E-state index contributed by atoms with van der Waals surface area (Å²) in [6.07, 6.45) is 0. The summed E-state index contributed by atoms with van der Waals surface area (Å²) in [4.78, 5) is 14.6. The summed E-state index contributed by atoms with van der Waals surface area (Å²) in [5.74, 6) is 1.94. The number of non-ortho nitro benzene ring substituents is 1. The summed E-state index contributed by atoms with van der Waals surface area (Å²) in [6.45, 7) is 0.0823. The zero-order valence-corrected chi connectivity index (χ0v) is 14.0. The molecule has 0 saturated carbocycles. The molecule has 0 aliphatic carbocycles. The molecule has 3 N–H and O–H groups in total. The van der Waals surface area contributed by atoms with E-state index < -0.39 is 11.0 Å². The van der Waals surface area contributed by atoms with E-state index in [0.717, 1.165) is 5.56 Å². The predicted molar refractivity (Wildman–Crippen MR) is 92.8 cm³/mol. The van der Waals surface area contributed by atoms with E-state index in [2.05, 4.69) is 15.2 Å². The maximum absolute atomic E-state index is 10.8. The second-order valence-electron chi connectivity index (χ2n) is 5.44. The molecule has 0 saturated heterocycles. The van der Waals surface area contributed by atoms with Gasteiger partial charge in [0.2, 0.25) is 0 Å². The molecule has 0 spiro atoms. The largest absolute Gasteiger partial charge is 0.497 e. The van der Waals surface area contributed by atoms with E-state index >= 15 is 0 Å². The van der Waals surface area contributed by atoms with Crippen LogP contribution in [0, 0.1) is 10.1 Å². The van der Waals surface area contributed by atoms with Crippen LogP contribution in [0.4, 0.5) is 5.69 Å². The summed E-state index contributed by atoms with van der Waals surface area (Å²) >= 11 is 0. The summed E-state index contributed by atoms with van der Waals surface area (Å²) in [6, 6.07) is 12.8. The van der Waals surface area contributed by atoms with E-state index in [1.807, 2.05) is 24.3 Å². The number of aromatic nitrogens is 3. The molecule has 0 aliphatic rings. The van der Waals surface area contributed by atoms with Gasteiger partial charge in [-0.2, -0.15) is 5.10 Å². The van der Waals surface area contributed by atoms with Crippen molar-refractivity contribution in [1.82, 2.24) is 15.2 Å². The Labute approximate surface area is 148 Å². The van der Waals surface area contributed by atoms with Crippen molar-refractivity contribution in [2.45, 2.75) is 12.6 Å². The Hall–Kier alpha value is -3.46. The van der Waals surface area contributed by atoms with Crippen molar-refractivity contribution in [3.63, 3.8) is 0 Å². The monoisotopic (exact) mass is 355 g/mol. The molecule has 0 radical (unpaired) electrons. The molecule has 9 heteroatoms. The quantitative estimate of drug-likeness (QED) is 0.491. The first-order valence-corrected chi connectivity index (χ1v) is 7.75. The third kappa shape index (κ3) is 3.95. The normalized spacial score (nSPS) is 11.8. The van der Waals surface area contributed by atoms with E-state index in [0.29, 0.717) is 23.1 Å². The highest BCUT2D eigenvalue weighted by molar-refractivity contribution is 5.38. The number of rotatable bonds is 7. The van der Waals surface area contributed by atoms with Crippen molar-refractivity contribution in [3.8, 4) is 11.5 Å². The molecular weight excluding hydrogens is 338 g/mol. The van der Waals surface area contributed by atoms with Crippen molar-refractivity contribution in [1.29, 1.82) is 0 Å². The molecule has 26 heavy (non-hydrogen) atoms. The van der Waals surface area contributed by atoms with Crippen molar-refractivity contribution >= 4 is 5.69 Å². The maximum atomic E-state index is 10.8. The number of benzene rings is 2. The molecule has 0 bridgehead atoms. The molecule has 9 nitrogen and oxygen atoms in total. The number of nitrogens with one attached hydrogen (secondary N) is 1. The van der Waals surface area contributed by atoms with Gasteiger partial charge in [-0.1, -0.05) is 18.2 Å². The topological polar surface area (TPSA) is 129 Å². The van der Waals surface area contributed by atoms with Gasteiger partial charge in [0.15, 0.2) is 11.6 Å². The lowest BCUT2D eigenvalue weighted by molar-refractivity contribution is -0.384. The van der Waals surface area contributed by atoms with Gasteiger partial charge in [-0.15, -0.1) is 0 Å². The van der Waals surface area contributed by atoms with Crippen molar-refractivity contribution in [3.05, 3.63) is 75.9 Å². The number of hydrogen-bond donors (Lipinski definition) is 2. The van der Waals surface area contributed by atoms with Crippen LogP contribution in [0.15, 0.2) is 48.5 Å². The lowest BCUT2D eigenvalue weighted by atomic mass is 10.1. The van der Waals surface area contributed by atoms with Crippen molar-refractivity contribution in [2.75, 3.05) is 7.11 Å². The molecule has 1 atom stereocenters. The van der Waals surface area contributed by atoms with E-state index in [1.165, 1.54) is 12.1 Å². The molecular formula is C17H17N5O4. The van der Waals surface area contributed by atoms with Crippen LogP contribution in [0.2, 0.25) is 0 Å². The Balaban J connectivity index is 1.67. The van der Waals surface area contributed by atoms with Gasteiger partial charge in [-0.3, -0.25) is 15.2 Å². The van der Waals surface area contributed by atoms with Crippen LogP contribution >= 0.6 is 0 Å². The lowest BCUT2D eigenvalue weighted by Gasteiger charge is -2.09. The Bertz CT molecular complexity index is 911. The highest BCUT2D eigenvalue weighted by atomic mass is 16.6. The van der Waals surface area contributed by atoms with Gasteiger partial charge in [0, 0.05) is 6.07 Å². The highest BCUT2D eigenvalue weighted by Gasteiger charge is 2.15. The Morgan fingerprint density at radius 1 is 1.23 bits per heavy atom. The molecule has 0 fully saturated rings. The fourth-order valence-corrected chi connectivity index (χ4v) is 2.34.